The normalized spacial score (nSPS) is 11.1. The Labute approximate surface area is 177 Å². The van der Waals surface area contributed by atoms with Gasteiger partial charge in [0.2, 0.25) is 0 Å². The first kappa shape index (κ1) is 21.4. The van der Waals surface area contributed by atoms with Crippen LogP contribution in [0.2, 0.25) is 0 Å². The van der Waals surface area contributed by atoms with Gasteiger partial charge < -0.3 is 0 Å². The van der Waals surface area contributed by atoms with Gasteiger partial charge in [-0.1, -0.05) is 60.7 Å². The quantitative estimate of drug-likeness (QED) is 0.303. The summed E-state index contributed by atoms with van der Waals surface area (Å²) in [6, 6.07) is 22.8. The summed E-state index contributed by atoms with van der Waals surface area (Å²) in [6.07, 6.45) is 8.83. The van der Waals surface area contributed by atoms with Gasteiger partial charge in [-0.2, -0.15) is 0 Å². The maximum absolute atomic E-state index is 11.1. The molecule has 0 saturated heterocycles. The largest absolute Gasteiger partial charge is 0.295 e. The lowest BCUT2D eigenvalue weighted by Gasteiger charge is -2.22. The van der Waals surface area contributed by atoms with Gasteiger partial charge in [0, 0.05) is 31.6 Å². The van der Waals surface area contributed by atoms with E-state index < -0.39 is 5.91 Å². The number of hydrogen-bond acceptors (Lipinski definition) is 4. The van der Waals surface area contributed by atoms with Gasteiger partial charge >= 0.3 is 0 Å². The zero-order valence-corrected chi connectivity index (χ0v) is 16.9. The van der Waals surface area contributed by atoms with Gasteiger partial charge in [0.25, 0.3) is 5.91 Å². The molecule has 0 aliphatic carbocycles. The number of aromatic nitrogens is 1. The highest BCUT2D eigenvalue weighted by Crippen LogP contribution is 2.13. The fourth-order valence-corrected chi connectivity index (χ4v) is 3.32. The first-order valence-corrected chi connectivity index (χ1v) is 10.1. The molecule has 5 heteroatoms. The van der Waals surface area contributed by atoms with Crippen LogP contribution in [0.3, 0.4) is 0 Å². The lowest BCUT2D eigenvalue weighted by atomic mass is 10.1. The number of hydrogen-bond donors (Lipinski definition) is 2. The Morgan fingerprint density at radius 2 is 1.67 bits per heavy atom. The number of amides is 1. The Bertz CT molecular complexity index is 926. The molecule has 2 N–H and O–H groups in total. The van der Waals surface area contributed by atoms with E-state index in [0.717, 1.165) is 38.0 Å². The van der Waals surface area contributed by atoms with Crippen molar-refractivity contribution in [2.75, 3.05) is 6.54 Å². The molecule has 1 heterocycles. The average Bonchev–Trinajstić information content (AvgIpc) is 2.79. The fraction of sp³-hybridized carbons (Fsp3) is 0.200. The number of carbonyl (C=O) groups excluding carboxylic acids is 1. The highest BCUT2D eigenvalue weighted by Gasteiger charge is 2.08. The van der Waals surface area contributed by atoms with E-state index in [2.05, 4.69) is 52.3 Å². The first-order valence-electron chi connectivity index (χ1n) is 10.1. The molecule has 0 bridgehead atoms. The summed E-state index contributed by atoms with van der Waals surface area (Å²) in [4.78, 5) is 17.8. The Morgan fingerprint density at radius 3 is 2.37 bits per heavy atom. The second kappa shape index (κ2) is 11.7. The molecule has 30 heavy (non-hydrogen) atoms. The number of aryl methyl sites for hydroxylation is 1. The maximum Gasteiger partial charge on any atom is 0.267 e. The summed E-state index contributed by atoms with van der Waals surface area (Å²) in [5, 5.41) is 8.56. The van der Waals surface area contributed by atoms with Crippen LogP contribution in [-0.2, 0) is 24.3 Å². The maximum atomic E-state index is 11.1. The van der Waals surface area contributed by atoms with Crippen molar-refractivity contribution in [1.29, 1.82) is 0 Å². The molecule has 2 aromatic carbocycles. The molecule has 5 nitrogen and oxygen atoms in total. The molecule has 0 atom stereocenters. The molecular weight excluding hydrogens is 374 g/mol. The predicted octanol–water partition coefficient (Wildman–Crippen LogP) is 4.24. The summed E-state index contributed by atoms with van der Waals surface area (Å²) in [5.74, 6) is -0.542. The van der Waals surface area contributed by atoms with Crippen LogP contribution in [-0.4, -0.2) is 27.5 Å². The zero-order chi connectivity index (χ0) is 21.0. The molecule has 0 unspecified atom stereocenters. The van der Waals surface area contributed by atoms with Gasteiger partial charge in [0.1, 0.15) is 0 Å². The third-order valence-electron chi connectivity index (χ3n) is 4.83. The summed E-state index contributed by atoms with van der Waals surface area (Å²) in [6.45, 7) is 2.67. The molecule has 3 rings (SSSR count). The van der Waals surface area contributed by atoms with Crippen molar-refractivity contribution in [2.45, 2.75) is 25.9 Å². The van der Waals surface area contributed by atoms with Crippen LogP contribution in [0.5, 0.6) is 0 Å². The number of carbonyl (C=O) groups is 1. The van der Waals surface area contributed by atoms with Crippen LogP contribution in [0.25, 0.3) is 6.08 Å². The number of nitrogens with one attached hydrogen (secondary N) is 1. The molecule has 0 fully saturated rings. The van der Waals surface area contributed by atoms with Crippen molar-refractivity contribution in [3.8, 4) is 0 Å². The molecule has 1 amide bonds. The molecule has 0 aliphatic heterocycles. The summed E-state index contributed by atoms with van der Waals surface area (Å²) >= 11 is 0. The van der Waals surface area contributed by atoms with E-state index in [1.54, 1.807) is 17.8 Å². The number of benzene rings is 2. The van der Waals surface area contributed by atoms with E-state index >= 15 is 0 Å². The van der Waals surface area contributed by atoms with Crippen LogP contribution < -0.4 is 5.48 Å². The summed E-state index contributed by atoms with van der Waals surface area (Å²) < 4.78 is 0. The minimum absolute atomic E-state index is 0.542. The second-order valence-corrected chi connectivity index (χ2v) is 7.21. The number of rotatable bonds is 10. The van der Waals surface area contributed by atoms with Crippen molar-refractivity contribution < 1.29 is 10.0 Å². The van der Waals surface area contributed by atoms with Crippen LogP contribution in [0, 0.1) is 0 Å². The molecular formula is C25H27N3O2. The van der Waals surface area contributed by atoms with Crippen molar-refractivity contribution in [3.05, 3.63) is 107 Å². The van der Waals surface area contributed by atoms with Crippen LogP contribution in [0.4, 0.5) is 0 Å². The predicted molar refractivity (Wildman–Crippen MR) is 119 cm³/mol. The Morgan fingerprint density at radius 1 is 0.933 bits per heavy atom. The monoisotopic (exact) mass is 401 g/mol. The van der Waals surface area contributed by atoms with Gasteiger partial charge in [-0.15, -0.1) is 0 Å². The third-order valence-corrected chi connectivity index (χ3v) is 4.83. The van der Waals surface area contributed by atoms with Gasteiger partial charge in [-0.25, -0.2) is 5.48 Å². The van der Waals surface area contributed by atoms with E-state index in [4.69, 9.17) is 5.21 Å². The van der Waals surface area contributed by atoms with E-state index in [-0.39, 0.29) is 0 Å². The second-order valence-electron chi connectivity index (χ2n) is 7.21. The number of pyridine rings is 1. The average molecular weight is 402 g/mol. The van der Waals surface area contributed by atoms with Crippen LogP contribution in [0.1, 0.15) is 28.7 Å². The van der Waals surface area contributed by atoms with E-state index in [9.17, 15) is 4.79 Å². The topological polar surface area (TPSA) is 65.5 Å². The molecule has 0 saturated carbocycles. The molecule has 154 valence electrons. The van der Waals surface area contributed by atoms with Gasteiger partial charge in [0.15, 0.2) is 0 Å². The Kier molecular flexibility index (Phi) is 8.33. The zero-order valence-electron chi connectivity index (χ0n) is 16.9. The molecule has 1 aromatic heterocycles. The first-order chi connectivity index (χ1) is 14.7. The van der Waals surface area contributed by atoms with Crippen molar-refractivity contribution >= 4 is 12.0 Å². The number of nitrogens with zero attached hydrogens (tertiary/aromatic N) is 2. The minimum atomic E-state index is -0.542. The Balaban J connectivity index is 1.62. The summed E-state index contributed by atoms with van der Waals surface area (Å²) in [7, 11) is 0. The summed E-state index contributed by atoms with van der Waals surface area (Å²) in [5.41, 5.74) is 6.27. The van der Waals surface area contributed by atoms with Gasteiger partial charge in [-0.3, -0.25) is 19.9 Å². The SMILES string of the molecule is O=C(C=Cc1ccc(CN(CCCc2ccccc2)Cc2cccnc2)cc1)NO. The van der Waals surface area contributed by atoms with E-state index in [1.165, 1.54) is 22.8 Å². The molecule has 3 aromatic rings. The highest BCUT2D eigenvalue weighted by molar-refractivity contribution is 5.90. The molecule has 0 spiro atoms. The minimum Gasteiger partial charge on any atom is -0.295 e. The van der Waals surface area contributed by atoms with Crippen LogP contribution in [0.15, 0.2) is 85.2 Å². The van der Waals surface area contributed by atoms with Gasteiger partial charge in [-0.05, 0) is 53.8 Å². The smallest absolute Gasteiger partial charge is 0.267 e. The number of hydroxylamine groups is 1. The molecule has 0 radical (unpaired) electrons. The van der Waals surface area contributed by atoms with Crippen molar-refractivity contribution in [3.63, 3.8) is 0 Å². The van der Waals surface area contributed by atoms with Crippen molar-refractivity contribution in [1.82, 2.24) is 15.4 Å². The lowest BCUT2D eigenvalue weighted by Crippen LogP contribution is -2.24. The fourth-order valence-electron chi connectivity index (χ4n) is 3.32. The van der Waals surface area contributed by atoms with E-state index in [0.29, 0.717) is 0 Å². The standard InChI is InChI=1S/C25H27N3O2/c29-25(27-30)15-14-22-10-12-23(13-11-22)19-28(20-24-8-4-16-26-18-24)17-5-9-21-6-2-1-3-7-21/h1-4,6-8,10-16,18,30H,5,9,17,19-20H2,(H,27,29). The van der Waals surface area contributed by atoms with E-state index in [1.807, 2.05) is 30.5 Å². The van der Waals surface area contributed by atoms with Crippen molar-refractivity contribution in [2.24, 2.45) is 0 Å². The Hall–Kier alpha value is -3.28. The third kappa shape index (κ3) is 7.28. The lowest BCUT2D eigenvalue weighted by molar-refractivity contribution is -0.124. The highest BCUT2D eigenvalue weighted by atomic mass is 16.5. The van der Waals surface area contributed by atoms with Gasteiger partial charge in [0.05, 0.1) is 0 Å². The molecule has 0 aliphatic rings. The van der Waals surface area contributed by atoms with Crippen LogP contribution >= 0.6 is 0 Å².